The fourth-order valence-corrected chi connectivity index (χ4v) is 2.58. The summed E-state index contributed by atoms with van der Waals surface area (Å²) in [6.45, 7) is 2.20. The molecule has 136 valence electrons. The molecule has 0 saturated carbocycles. The van der Waals surface area contributed by atoms with Crippen LogP contribution in [0.1, 0.15) is 96.8 Å². The molecule has 0 unspecified atom stereocenters. The summed E-state index contributed by atoms with van der Waals surface area (Å²) in [5, 5.41) is 8.49. The Morgan fingerprint density at radius 3 is 1.78 bits per heavy atom. The van der Waals surface area contributed by atoms with Crippen molar-refractivity contribution < 1.29 is 14.6 Å². The smallest absolute Gasteiger partial charge is 0.331 e. The lowest BCUT2D eigenvalue weighted by Crippen LogP contribution is -2.09. The van der Waals surface area contributed by atoms with Crippen molar-refractivity contribution in [3.05, 3.63) is 12.2 Å². The molecule has 3 heteroatoms. The van der Waals surface area contributed by atoms with Crippen molar-refractivity contribution in [1.82, 2.24) is 0 Å². The van der Waals surface area contributed by atoms with Crippen molar-refractivity contribution in [3.8, 4) is 0 Å². The minimum atomic E-state index is -0.516. The van der Waals surface area contributed by atoms with E-state index in [1.54, 1.807) is 0 Å². The van der Waals surface area contributed by atoms with E-state index < -0.39 is 12.6 Å². The number of rotatable bonds is 17. The Kier molecular flexibility index (Phi) is 18.5. The van der Waals surface area contributed by atoms with Crippen LogP contribution in [-0.4, -0.2) is 24.3 Å². The van der Waals surface area contributed by atoms with E-state index >= 15 is 0 Å². The summed E-state index contributed by atoms with van der Waals surface area (Å²) in [7, 11) is 0. The van der Waals surface area contributed by atoms with Crippen molar-refractivity contribution in [2.24, 2.45) is 0 Å². The second-order valence-electron chi connectivity index (χ2n) is 6.32. The van der Waals surface area contributed by atoms with Gasteiger partial charge >= 0.3 is 5.97 Å². The number of allylic oxidation sites excluding steroid dienone is 2. The van der Waals surface area contributed by atoms with Crippen molar-refractivity contribution in [3.63, 3.8) is 0 Å². The molecule has 0 aromatic carbocycles. The maximum atomic E-state index is 10.7. The second kappa shape index (κ2) is 19.2. The Hall–Kier alpha value is -0.830. The normalized spacial score (nSPS) is 11.2. The molecule has 23 heavy (non-hydrogen) atoms. The lowest BCUT2D eigenvalue weighted by molar-refractivity contribution is -0.147. The van der Waals surface area contributed by atoms with Crippen LogP contribution in [0.3, 0.4) is 0 Å². The lowest BCUT2D eigenvalue weighted by atomic mass is 10.1. The highest BCUT2D eigenvalue weighted by atomic mass is 16.5. The van der Waals surface area contributed by atoms with Crippen LogP contribution >= 0.6 is 0 Å². The average Bonchev–Trinajstić information content (AvgIpc) is 2.57. The van der Waals surface area contributed by atoms with Gasteiger partial charge in [-0.3, -0.25) is 0 Å². The van der Waals surface area contributed by atoms with E-state index in [1.807, 2.05) is 0 Å². The van der Waals surface area contributed by atoms with Gasteiger partial charge in [0.1, 0.15) is 6.61 Å². The molecule has 0 radical (unpaired) electrons. The quantitative estimate of drug-likeness (QED) is 0.216. The molecule has 0 bridgehead atoms. The Morgan fingerprint density at radius 1 is 0.783 bits per heavy atom. The summed E-state index contributed by atoms with van der Waals surface area (Å²) in [6.07, 6.45) is 22.5. The summed E-state index contributed by atoms with van der Waals surface area (Å²) in [5.74, 6) is -0.516. The molecular weight excluding hydrogens is 288 g/mol. The van der Waals surface area contributed by atoms with Crippen LogP contribution in [0.15, 0.2) is 12.2 Å². The number of carbonyl (C=O) groups is 1. The predicted octanol–water partition coefficient (Wildman–Crippen LogP) is 5.56. The topological polar surface area (TPSA) is 46.5 Å². The van der Waals surface area contributed by atoms with Gasteiger partial charge in [0.25, 0.3) is 0 Å². The molecule has 0 aromatic heterocycles. The summed E-state index contributed by atoms with van der Waals surface area (Å²) < 4.78 is 4.81. The Bertz CT molecular complexity index is 274. The van der Waals surface area contributed by atoms with Gasteiger partial charge in [-0.05, 0) is 32.1 Å². The molecule has 1 N–H and O–H groups in total. The average molecular weight is 327 g/mol. The van der Waals surface area contributed by atoms with Crippen molar-refractivity contribution >= 4 is 5.97 Å². The zero-order valence-corrected chi connectivity index (χ0v) is 15.2. The van der Waals surface area contributed by atoms with Gasteiger partial charge in [-0.1, -0.05) is 76.9 Å². The maximum Gasteiger partial charge on any atom is 0.331 e. The first-order valence-electron chi connectivity index (χ1n) is 9.72. The first-order valence-corrected chi connectivity index (χ1v) is 9.72. The Balaban J connectivity index is 3.09. The van der Waals surface area contributed by atoms with Crippen LogP contribution in [0, 0.1) is 0 Å². The van der Waals surface area contributed by atoms with E-state index in [0.717, 1.165) is 12.8 Å². The monoisotopic (exact) mass is 326 g/mol. The SMILES string of the molecule is CCCCCCCC/C=C\CCCCCCCCOC(=O)CO. The molecule has 0 amide bonds. The number of hydrogen-bond acceptors (Lipinski definition) is 3. The van der Waals surface area contributed by atoms with Gasteiger partial charge in [0.15, 0.2) is 0 Å². The first kappa shape index (κ1) is 22.2. The van der Waals surface area contributed by atoms with Crippen LogP contribution in [0.5, 0.6) is 0 Å². The lowest BCUT2D eigenvalue weighted by Gasteiger charge is -2.03. The number of ether oxygens (including phenoxy) is 1. The number of aliphatic hydroxyl groups is 1. The molecule has 3 nitrogen and oxygen atoms in total. The van der Waals surface area contributed by atoms with Crippen molar-refractivity contribution in [2.45, 2.75) is 96.8 Å². The molecule has 0 saturated heterocycles. The summed E-state index contributed by atoms with van der Waals surface area (Å²) in [5.41, 5.74) is 0. The number of aliphatic hydroxyl groups excluding tert-OH is 1. The summed E-state index contributed by atoms with van der Waals surface area (Å²) in [6, 6.07) is 0. The molecule has 0 aliphatic heterocycles. The van der Waals surface area contributed by atoms with Gasteiger partial charge in [-0.15, -0.1) is 0 Å². The highest BCUT2D eigenvalue weighted by Gasteiger charge is 1.98. The third-order valence-corrected chi connectivity index (χ3v) is 4.05. The first-order chi connectivity index (χ1) is 11.3. The van der Waals surface area contributed by atoms with Crippen LogP contribution in [-0.2, 0) is 9.53 Å². The zero-order valence-electron chi connectivity index (χ0n) is 15.2. The highest BCUT2D eigenvalue weighted by molar-refractivity contribution is 5.70. The molecule has 0 spiro atoms. The predicted molar refractivity (Wildman–Crippen MR) is 97.5 cm³/mol. The summed E-state index contributed by atoms with van der Waals surface area (Å²) >= 11 is 0. The molecular formula is C20H38O3. The van der Waals surface area contributed by atoms with E-state index in [0.29, 0.717) is 6.61 Å². The summed E-state index contributed by atoms with van der Waals surface area (Å²) in [4.78, 5) is 10.7. The van der Waals surface area contributed by atoms with Crippen molar-refractivity contribution in [2.75, 3.05) is 13.2 Å². The van der Waals surface area contributed by atoms with Crippen LogP contribution in [0.25, 0.3) is 0 Å². The fraction of sp³-hybridized carbons (Fsp3) is 0.850. The molecule has 0 aliphatic rings. The van der Waals surface area contributed by atoms with E-state index in [-0.39, 0.29) is 0 Å². The van der Waals surface area contributed by atoms with Gasteiger partial charge in [0.05, 0.1) is 6.61 Å². The van der Waals surface area contributed by atoms with Crippen LogP contribution in [0.2, 0.25) is 0 Å². The van der Waals surface area contributed by atoms with Gasteiger partial charge in [-0.25, -0.2) is 4.79 Å². The third-order valence-electron chi connectivity index (χ3n) is 4.05. The number of unbranched alkanes of at least 4 members (excludes halogenated alkanes) is 12. The molecule has 0 rings (SSSR count). The number of hydrogen-bond donors (Lipinski definition) is 1. The van der Waals surface area contributed by atoms with E-state index in [4.69, 9.17) is 9.84 Å². The van der Waals surface area contributed by atoms with E-state index in [2.05, 4.69) is 19.1 Å². The van der Waals surface area contributed by atoms with Gasteiger partial charge in [0, 0.05) is 0 Å². The molecule has 0 aliphatic carbocycles. The molecule has 0 heterocycles. The third kappa shape index (κ3) is 19.1. The molecule has 0 atom stereocenters. The standard InChI is InChI=1S/C20H38O3/c1-2-3-4-5-6-7-8-9-10-11-12-13-14-15-16-17-18-23-20(22)19-21/h9-10,21H,2-8,11-19H2,1H3/b10-9-. The Labute approximate surface area is 143 Å². The second-order valence-corrected chi connectivity index (χ2v) is 6.32. The minimum Gasteiger partial charge on any atom is -0.464 e. The number of carbonyl (C=O) groups excluding carboxylic acids is 1. The zero-order chi connectivity index (χ0) is 17.0. The molecule has 0 fully saturated rings. The van der Waals surface area contributed by atoms with Gasteiger partial charge < -0.3 is 9.84 Å². The van der Waals surface area contributed by atoms with E-state index in [1.165, 1.54) is 77.0 Å². The van der Waals surface area contributed by atoms with Gasteiger partial charge in [0.2, 0.25) is 0 Å². The maximum absolute atomic E-state index is 10.7. The van der Waals surface area contributed by atoms with Crippen LogP contribution in [0.4, 0.5) is 0 Å². The minimum absolute atomic E-state index is 0.445. The van der Waals surface area contributed by atoms with Crippen molar-refractivity contribution in [1.29, 1.82) is 0 Å². The molecule has 0 aromatic rings. The number of esters is 1. The largest absolute Gasteiger partial charge is 0.464 e. The van der Waals surface area contributed by atoms with E-state index in [9.17, 15) is 4.79 Å². The van der Waals surface area contributed by atoms with Gasteiger partial charge in [-0.2, -0.15) is 0 Å². The Morgan fingerprint density at radius 2 is 1.26 bits per heavy atom. The highest BCUT2D eigenvalue weighted by Crippen LogP contribution is 2.09. The van der Waals surface area contributed by atoms with Crippen LogP contribution < -0.4 is 0 Å². The fourth-order valence-electron chi connectivity index (χ4n) is 2.58.